The van der Waals surface area contributed by atoms with Crippen LogP contribution in [0.15, 0.2) is 18.5 Å². The molecule has 0 aliphatic carbocycles. The summed E-state index contributed by atoms with van der Waals surface area (Å²) in [6, 6.07) is 2.06. The van der Waals surface area contributed by atoms with E-state index < -0.39 is 5.91 Å². The highest BCUT2D eigenvalue weighted by Gasteiger charge is 2.14. The molecule has 0 radical (unpaired) electrons. The van der Waals surface area contributed by atoms with Crippen LogP contribution in [0.4, 0.5) is 5.95 Å². The van der Waals surface area contributed by atoms with Crippen LogP contribution >= 0.6 is 11.3 Å². The molecule has 0 unspecified atom stereocenters. The average molecular weight is 302 g/mol. The number of hydrogen-bond donors (Lipinski definition) is 2. The average Bonchev–Trinajstić information content (AvgIpc) is 3.12. The number of fused-ring (bicyclic) bond motifs is 1. The molecule has 21 heavy (non-hydrogen) atoms. The number of aromatic nitrogens is 4. The first-order valence-corrected chi connectivity index (χ1v) is 7.27. The minimum absolute atomic E-state index is 0.346. The third-order valence-corrected chi connectivity index (χ3v) is 4.25. The first kappa shape index (κ1) is 13.5. The van der Waals surface area contributed by atoms with E-state index in [-0.39, 0.29) is 0 Å². The van der Waals surface area contributed by atoms with Gasteiger partial charge in [-0.1, -0.05) is 6.92 Å². The van der Waals surface area contributed by atoms with Crippen LogP contribution in [0.1, 0.15) is 22.2 Å². The standard InChI is InChI=1S/C13H14N6OS/c1-3-8-4-9-11(17-13(15-2)18-12(9)21-8)19-6-7(5-16-19)10(14)20/h4-6H,3H2,1-2H3,(H2,14,20)(H,15,17,18). The Morgan fingerprint density at radius 3 is 2.90 bits per heavy atom. The molecule has 0 bridgehead atoms. The van der Waals surface area contributed by atoms with E-state index in [9.17, 15) is 4.79 Å². The molecule has 3 aromatic heterocycles. The Morgan fingerprint density at radius 1 is 1.48 bits per heavy atom. The molecule has 7 nitrogen and oxygen atoms in total. The molecule has 3 N–H and O–H groups in total. The van der Waals surface area contributed by atoms with Gasteiger partial charge < -0.3 is 11.1 Å². The van der Waals surface area contributed by atoms with Gasteiger partial charge in [0.1, 0.15) is 4.83 Å². The van der Waals surface area contributed by atoms with E-state index >= 15 is 0 Å². The number of primary amides is 1. The third kappa shape index (κ3) is 2.33. The number of anilines is 1. The summed E-state index contributed by atoms with van der Waals surface area (Å²) in [6.07, 6.45) is 3.94. The lowest BCUT2D eigenvalue weighted by molar-refractivity contribution is 0.100. The highest BCUT2D eigenvalue weighted by molar-refractivity contribution is 7.18. The van der Waals surface area contributed by atoms with Gasteiger partial charge in [0.25, 0.3) is 5.91 Å². The smallest absolute Gasteiger partial charge is 0.251 e. The Hall–Kier alpha value is -2.48. The number of nitrogens with one attached hydrogen (secondary N) is 1. The van der Waals surface area contributed by atoms with Gasteiger partial charge in [-0.25, -0.2) is 9.67 Å². The molecule has 0 atom stereocenters. The van der Waals surface area contributed by atoms with Crippen molar-refractivity contribution in [3.63, 3.8) is 0 Å². The SMILES string of the molecule is CCc1cc2c(-n3cc(C(N)=O)cn3)nc(NC)nc2s1. The lowest BCUT2D eigenvalue weighted by Crippen LogP contribution is -2.09. The number of hydrogen-bond acceptors (Lipinski definition) is 6. The molecule has 3 heterocycles. The van der Waals surface area contributed by atoms with Crippen LogP contribution in [-0.4, -0.2) is 32.7 Å². The van der Waals surface area contributed by atoms with Crippen LogP contribution in [-0.2, 0) is 6.42 Å². The summed E-state index contributed by atoms with van der Waals surface area (Å²) in [4.78, 5) is 22.2. The Morgan fingerprint density at radius 2 is 2.29 bits per heavy atom. The molecular formula is C13H14N6OS. The van der Waals surface area contributed by atoms with Crippen molar-refractivity contribution in [2.24, 2.45) is 5.73 Å². The predicted octanol–water partition coefficient (Wildman–Crippen LogP) is 1.58. The fourth-order valence-electron chi connectivity index (χ4n) is 1.98. The molecule has 0 aliphatic rings. The maximum atomic E-state index is 11.2. The summed E-state index contributed by atoms with van der Waals surface area (Å²) in [5.74, 6) is 0.630. The number of aryl methyl sites for hydroxylation is 1. The van der Waals surface area contributed by atoms with Gasteiger partial charge in [0.2, 0.25) is 5.95 Å². The molecule has 8 heteroatoms. The van der Waals surface area contributed by atoms with Crippen molar-refractivity contribution in [1.82, 2.24) is 19.7 Å². The Labute approximate surface area is 124 Å². The maximum absolute atomic E-state index is 11.2. The number of carbonyl (C=O) groups excluding carboxylic acids is 1. The molecule has 0 aromatic carbocycles. The van der Waals surface area contributed by atoms with Crippen molar-refractivity contribution in [1.29, 1.82) is 0 Å². The zero-order valence-corrected chi connectivity index (χ0v) is 12.4. The molecule has 0 aliphatic heterocycles. The lowest BCUT2D eigenvalue weighted by Gasteiger charge is -2.05. The third-order valence-electron chi connectivity index (χ3n) is 3.08. The largest absolute Gasteiger partial charge is 0.366 e. The number of carbonyl (C=O) groups is 1. The normalized spacial score (nSPS) is 11.0. The van der Waals surface area contributed by atoms with Crippen LogP contribution in [0.3, 0.4) is 0 Å². The summed E-state index contributed by atoms with van der Waals surface area (Å²) < 4.78 is 1.55. The van der Waals surface area contributed by atoms with Gasteiger partial charge in [0.15, 0.2) is 5.82 Å². The summed E-state index contributed by atoms with van der Waals surface area (Å²) in [5, 5.41) is 8.02. The van der Waals surface area contributed by atoms with E-state index in [0.717, 1.165) is 16.6 Å². The molecule has 0 saturated carbocycles. The van der Waals surface area contributed by atoms with Crippen molar-refractivity contribution < 1.29 is 4.79 Å². The second-order valence-electron chi connectivity index (χ2n) is 4.44. The second-order valence-corrected chi connectivity index (χ2v) is 5.56. The first-order chi connectivity index (χ1) is 10.1. The van der Waals surface area contributed by atoms with E-state index in [4.69, 9.17) is 5.73 Å². The maximum Gasteiger partial charge on any atom is 0.251 e. The number of rotatable bonds is 4. The quantitative estimate of drug-likeness (QED) is 0.762. The molecule has 3 rings (SSSR count). The van der Waals surface area contributed by atoms with Crippen LogP contribution in [0.25, 0.3) is 16.0 Å². The second kappa shape index (κ2) is 5.13. The van der Waals surface area contributed by atoms with Crippen molar-refractivity contribution in [3.8, 4) is 5.82 Å². The van der Waals surface area contributed by atoms with Gasteiger partial charge >= 0.3 is 0 Å². The Kier molecular flexibility index (Phi) is 3.30. The van der Waals surface area contributed by atoms with Crippen molar-refractivity contribution in [2.45, 2.75) is 13.3 Å². The Balaban J connectivity index is 2.23. The van der Waals surface area contributed by atoms with E-state index in [1.165, 1.54) is 11.1 Å². The van der Waals surface area contributed by atoms with Gasteiger partial charge in [0.05, 0.1) is 17.1 Å². The van der Waals surface area contributed by atoms with Crippen LogP contribution < -0.4 is 11.1 Å². The molecule has 0 spiro atoms. The fourth-order valence-corrected chi connectivity index (χ4v) is 2.94. The molecule has 3 aromatic rings. The van der Waals surface area contributed by atoms with Crippen LogP contribution in [0.5, 0.6) is 0 Å². The van der Waals surface area contributed by atoms with Gasteiger partial charge in [-0.05, 0) is 12.5 Å². The van der Waals surface area contributed by atoms with E-state index in [1.54, 1.807) is 29.3 Å². The topological polar surface area (TPSA) is 98.7 Å². The van der Waals surface area contributed by atoms with Crippen molar-refractivity contribution in [3.05, 3.63) is 28.9 Å². The number of nitrogens with zero attached hydrogens (tertiary/aromatic N) is 4. The molecule has 108 valence electrons. The number of thiophene rings is 1. The van der Waals surface area contributed by atoms with Crippen molar-refractivity contribution in [2.75, 3.05) is 12.4 Å². The molecular weight excluding hydrogens is 288 g/mol. The van der Waals surface area contributed by atoms with Gasteiger partial charge in [-0.15, -0.1) is 11.3 Å². The zero-order chi connectivity index (χ0) is 15.0. The molecule has 1 amide bonds. The van der Waals surface area contributed by atoms with Crippen LogP contribution in [0, 0.1) is 0 Å². The number of amides is 1. The predicted molar refractivity (Wildman–Crippen MR) is 82.0 cm³/mol. The van der Waals surface area contributed by atoms with E-state index in [1.807, 2.05) is 0 Å². The van der Waals surface area contributed by atoms with Gasteiger partial charge in [0, 0.05) is 18.1 Å². The first-order valence-electron chi connectivity index (χ1n) is 6.45. The Bertz CT molecular complexity index is 821. The van der Waals surface area contributed by atoms with Gasteiger partial charge in [-0.3, -0.25) is 4.79 Å². The molecule has 0 saturated heterocycles. The number of nitrogens with two attached hydrogens (primary N) is 1. The summed E-state index contributed by atoms with van der Waals surface area (Å²) >= 11 is 1.62. The highest BCUT2D eigenvalue weighted by Crippen LogP contribution is 2.29. The monoisotopic (exact) mass is 302 g/mol. The van der Waals surface area contributed by atoms with E-state index in [2.05, 4.69) is 33.4 Å². The van der Waals surface area contributed by atoms with Crippen LogP contribution in [0.2, 0.25) is 0 Å². The van der Waals surface area contributed by atoms with Crippen molar-refractivity contribution >= 4 is 33.4 Å². The minimum Gasteiger partial charge on any atom is -0.366 e. The fraction of sp³-hybridized carbons (Fsp3) is 0.231. The van der Waals surface area contributed by atoms with E-state index in [0.29, 0.717) is 17.3 Å². The zero-order valence-electron chi connectivity index (χ0n) is 11.6. The highest BCUT2D eigenvalue weighted by atomic mass is 32.1. The van der Waals surface area contributed by atoms with Gasteiger partial charge in [-0.2, -0.15) is 10.1 Å². The molecule has 0 fully saturated rings. The lowest BCUT2D eigenvalue weighted by atomic mass is 10.3. The summed E-state index contributed by atoms with van der Waals surface area (Å²) in [5.41, 5.74) is 5.61. The minimum atomic E-state index is -0.514. The summed E-state index contributed by atoms with van der Waals surface area (Å²) in [7, 11) is 1.76. The summed E-state index contributed by atoms with van der Waals surface area (Å²) in [6.45, 7) is 2.09.